The van der Waals surface area contributed by atoms with Crippen molar-refractivity contribution in [2.75, 3.05) is 9.80 Å². The van der Waals surface area contributed by atoms with Crippen molar-refractivity contribution in [1.29, 1.82) is 0 Å². The summed E-state index contributed by atoms with van der Waals surface area (Å²) >= 11 is 0. The molecule has 0 saturated heterocycles. The molecule has 16 heteroatoms. The number of aromatic nitrogens is 4. The number of hydrogen-bond acceptors (Lipinski definition) is 14. The fourth-order valence-electron chi connectivity index (χ4n) is 7.58. The number of benzene rings is 6. The SMILES string of the molecule is CC(C)(c1ccc(Oc2ccc3c(c2)C(=O)N(c2nnc(-c4ccc(CO)cc4)o2)C3=O)cc1)c1ccc(Oc2ccc3c(c2)C(=O)N(c2nnc(-c4ccc(CO)cc4)o2)C3=O)cc1. The van der Waals surface area contributed by atoms with Crippen LogP contribution in [0.15, 0.2) is 142 Å². The van der Waals surface area contributed by atoms with Crippen LogP contribution in [0.4, 0.5) is 12.0 Å². The molecule has 16 nitrogen and oxygen atoms in total. The van der Waals surface area contributed by atoms with Crippen molar-refractivity contribution in [1.82, 2.24) is 20.4 Å². The van der Waals surface area contributed by atoms with Crippen LogP contribution in [0.25, 0.3) is 22.9 Å². The van der Waals surface area contributed by atoms with Crippen LogP contribution in [0.3, 0.4) is 0 Å². The zero-order valence-electron chi connectivity index (χ0n) is 34.5. The van der Waals surface area contributed by atoms with E-state index in [1.165, 1.54) is 24.3 Å². The largest absolute Gasteiger partial charge is 0.457 e. The number of aliphatic hydroxyl groups excluding tert-OH is 2. The molecule has 0 aliphatic carbocycles. The Kier molecular flexibility index (Phi) is 9.93. The van der Waals surface area contributed by atoms with E-state index in [0.29, 0.717) is 45.3 Å². The van der Waals surface area contributed by atoms with Gasteiger partial charge in [-0.25, -0.2) is 0 Å². The molecule has 65 heavy (non-hydrogen) atoms. The van der Waals surface area contributed by atoms with Crippen LogP contribution in [0, 0.1) is 0 Å². The van der Waals surface area contributed by atoms with E-state index >= 15 is 0 Å². The number of fused-ring (bicyclic) bond motifs is 2. The highest BCUT2D eigenvalue weighted by atomic mass is 16.5. The van der Waals surface area contributed by atoms with Gasteiger partial charge in [0.05, 0.1) is 35.5 Å². The Morgan fingerprint density at radius 3 is 1.18 bits per heavy atom. The van der Waals surface area contributed by atoms with E-state index < -0.39 is 29.0 Å². The maximum absolute atomic E-state index is 13.5. The van der Waals surface area contributed by atoms with E-state index in [1.54, 1.807) is 60.7 Å². The summed E-state index contributed by atoms with van der Waals surface area (Å²) in [6.07, 6.45) is 0. The van der Waals surface area contributed by atoms with Crippen LogP contribution in [-0.4, -0.2) is 54.2 Å². The molecule has 2 N–H and O–H groups in total. The van der Waals surface area contributed by atoms with Gasteiger partial charge in [0.1, 0.15) is 23.0 Å². The van der Waals surface area contributed by atoms with Gasteiger partial charge in [0.2, 0.25) is 11.8 Å². The first-order valence-electron chi connectivity index (χ1n) is 20.2. The third-order valence-corrected chi connectivity index (χ3v) is 11.3. The Hall–Kier alpha value is -8.60. The number of carbonyl (C=O) groups is 4. The summed E-state index contributed by atoms with van der Waals surface area (Å²) in [5.41, 5.74) is 4.69. The molecular formula is C49H34N6O10. The Balaban J connectivity index is 0.781. The van der Waals surface area contributed by atoms with E-state index in [4.69, 9.17) is 18.3 Å². The lowest BCUT2D eigenvalue weighted by molar-refractivity contribution is 0.0902. The Morgan fingerprint density at radius 2 is 0.815 bits per heavy atom. The number of amides is 4. The van der Waals surface area contributed by atoms with Gasteiger partial charge in [0.15, 0.2) is 0 Å². The fourth-order valence-corrected chi connectivity index (χ4v) is 7.58. The maximum Gasteiger partial charge on any atom is 0.332 e. The van der Waals surface area contributed by atoms with Gasteiger partial charge < -0.3 is 28.5 Å². The van der Waals surface area contributed by atoms with Crippen LogP contribution in [0.1, 0.15) is 77.5 Å². The second-order valence-electron chi connectivity index (χ2n) is 15.7. The molecule has 6 aromatic carbocycles. The van der Waals surface area contributed by atoms with Gasteiger partial charge in [-0.2, -0.15) is 9.80 Å². The topological polar surface area (TPSA) is 212 Å². The quantitative estimate of drug-likeness (QED) is 0.111. The van der Waals surface area contributed by atoms with Crippen LogP contribution in [0.2, 0.25) is 0 Å². The summed E-state index contributed by atoms with van der Waals surface area (Å²) in [6, 6.07) is 37.4. The van der Waals surface area contributed by atoms with E-state index in [0.717, 1.165) is 20.9 Å². The third kappa shape index (κ3) is 7.27. The molecule has 10 rings (SSSR count). The first kappa shape index (κ1) is 40.5. The summed E-state index contributed by atoms with van der Waals surface area (Å²) in [5.74, 6) is -0.485. The van der Waals surface area contributed by atoms with Crippen molar-refractivity contribution in [2.24, 2.45) is 0 Å². The minimum Gasteiger partial charge on any atom is -0.457 e. The smallest absolute Gasteiger partial charge is 0.332 e. The second-order valence-corrected chi connectivity index (χ2v) is 15.7. The van der Waals surface area contributed by atoms with Crippen LogP contribution < -0.4 is 19.3 Å². The molecular weight excluding hydrogens is 833 g/mol. The second kappa shape index (κ2) is 15.9. The molecule has 8 aromatic rings. The number of nitrogens with zero attached hydrogens (tertiary/aromatic N) is 6. The van der Waals surface area contributed by atoms with Gasteiger partial charge in [-0.1, -0.05) is 72.6 Å². The molecule has 4 amide bonds. The van der Waals surface area contributed by atoms with Crippen LogP contribution in [0.5, 0.6) is 23.0 Å². The first-order valence-corrected chi connectivity index (χ1v) is 20.2. The highest BCUT2D eigenvalue weighted by Crippen LogP contribution is 2.38. The predicted molar refractivity (Wildman–Crippen MR) is 232 cm³/mol. The van der Waals surface area contributed by atoms with E-state index in [2.05, 4.69) is 34.2 Å². The normalized spacial score (nSPS) is 13.4. The molecule has 0 fully saturated rings. The fraction of sp³-hybridized carbons (Fsp3) is 0.102. The Morgan fingerprint density at radius 1 is 0.462 bits per heavy atom. The Bertz CT molecular complexity index is 2960. The summed E-state index contributed by atoms with van der Waals surface area (Å²) in [7, 11) is 0. The highest BCUT2D eigenvalue weighted by molar-refractivity contribution is 6.34. The van der Waals surface area contributed by atoms with Crippen molar-refractivity contribution in [3.63, 3.8) is 0 Å². The summed E-state index contributed by atoms with van der Waals surface area (Å²) in [5, 5.41) is 34.5. The van der Waals surface area contributed by atoms with Gasteiger partial charge in [-0.15, -0.1) is 10.2 Å². The lowest BCUT2D eigenvalue weighted by atomic mass is 9.78. The number of imide groups is 2. The zero-order valence-corrected chi connectivity index (χ0v) is 34.5. The molecule has 320 valence electrons. The molecule has 0 bridgehead atoms. The average molecular weight is 867 g/mol. The molecule has 0 atom stereocenters. The van der Waals surface area contributed by atoms with Crippen molar-refractivity contribution in [3.05, 3.63) is 178 Å². The van der Waals surface area contributed by atoms with E-state index in [1.807, 2.05) is 48.5 Å². The van der Waals surface area contributed by atoms with Gasteiger partial charge >= 0.3 is 12.0 Å². The standard InChI is InChI=1S/C49H34N6O10/c1-49(2,31-11-15-33(16-12-31)62-35-19-21-37-39(23-35)45(60)54(43(37)58)47-52-50-41(64-47)29-7-3-27(25-56)4-8-29)32-13-17-34(18-14-32)63-36-20-22-38-40(24-36)46(61)55(44(38)59)48-53-51-42(65-48)30-9-5-28(26-57)6-10-30/h3-24,56-57H,25-26H2,1-2H3. The molecule has 0 saturated carbocycles. The number of ether oxygens (including phenoxy) is 2. The molecule has 0 spiro atoms. The van der Waals surface area contributed by atoms with Gasteiger partial charge in [0.25, 0.3) is 23.6 Å². The zero-order chi connectivity index (χ0) is 45.0. The van der Waals surface area contributed by atoms with Crippen molar-refractivity contribution in [3.8, 4) is 45.9 Å². The van der Waals surface area contributed by atoms with Crippen molar-refractivity contribution < 1.29 is 47.7 Å². The number of aliphatic hydroxyl groups is 2. The lowest BCUT2D eigenvalue weighted by Crippen LogP contribution is -2.29. The van der Waals surface area contributed by atoms with E-state index in [9.17, 15) is 29.4 Å². The number of rotatable bonds is 12. The van der Waals surface area contributed by atoms with Gasteiger partial charge in [0, 0.05) is 16.5 Å². The van der Waals surface area contributed by atoms with Crippen molar-refractivity contribution >= 4 is 35.7 Å². The first-order chi connectivity index (χ1) is 31.5. The van der Waals surface area contributed by atoms with Crippen LogP contribution >= 0.6 is 0 Å². The number of anilines is 2. The minimum atomic E-state index is -0.625. The number of carbonyl (C=O) groups excluding carboxylic acids is 4. The third-order valence-electron chi connectivity index (χ3n) is 11.3. The van der Waals surface area contributed by atoms with E-state index in [-0.39, 0.29) is 59.3 Å². The Labute approximate surface area is 368 Å². The molecule has 2 aliphatic rings. The minimum absolute atomic E-state index is 0.115. The molecule has 2 aliphatic heterocycles. The van der Waals surface area contributed by atoms with Crippen LogP contribution in [-0.2, 0) is 18.6 Å². The molecule has 0 unspecified atom stereocenters. The molecule has 0 radical (unpaired) electrons. The highest BCUT2D eigenvalue weighted by Gasteiger charge is 2.42. The van der Waals surface area contributed by atoms with Gasteiger partial charge in [-0.3, -0.25) is 19.2 Å². The molecule has 2 aromatic heterocycles. The van der Waals surface area contributed by atoms with Gasteiger partial charge in [-0.05, 0) is 107 Å². The molecule has 4 heterocycles. The monoisotopic (exact) mass is 866 g/mol. The summed E-state index contributed by atoms with van der Waals surface area (Å²) in [4.78, 5) is 55.2. The van der Waals surface area contributed by atoms with Crippen molar-refractivity contribution in [2.45, 2.75) is 32.5 Å². The lowest BCUT2D eigenvalue weighted by Gasteiger charge is -2.26. The maximum atomic E-state index is 13.5. The summed E-state index contributed by atoms with van der Waals surface area (Å²) in [6.45, 7) is 3.93. The average Bonchev–Trinajstić information content (AvgIpc) is 4.12. The predicted octanol–water partition coefficient (Wildman–Crippen LogP) is 8.28. The number of hydrogen-bond donors (Lipinski definition) is 2. The summed E-state index contributed by atoms with van der Waals surface area (Å²) < 4.78 is 23.7.